The molecule has 6 nitrogen and oxygen atoms in total. The maximum absolute atomic E-state index is 11.9. The first kappa shape index (κ1) is 12.8. The summed E-state index contributed by atoms with van der Waals surface area (Å²) in [4.78, 5) is 22.8. The Kier molecular flexibility index (Phi) is 3.92. The molecule has 1 heterocycles. The van der Waals surface area contributed by atoms with Gasteiger partial charge < -0.3 is 10.6 Å². The third-order valence-electron chi connectivity index (χ3n) is 2.58. The SMILES string of the molecule is C=CC(=O)NCCNC(=O)c1n[nH]c2ccccc12. The smallest absolute Gasteiger partial charge is 0.272 e. The standard InChI is InChI=1S/C13H14N4O2/c1-2-11(18)14-7-8-15-13(19)12-9-5-3-4-6-10(9)16-17-12/h2-6H,1,7-8H2,(H,14,18)(H,15,19)(H,16,17). The predicted molar refractivity (Wildman–Crippen MR) is 71.6 cm³/mol. The molecule has 3 N–H and O–H groups in total. The minimum atomic E-state index is -0.273. The van der Waals surface area contributed by atoms with Gasteiger partial charge in [0.15, 0.2) is 5.69 Å². The highest BCUT2D eigenvalue weighted by atomic mass is 16.2. The summed E-state index contributed by atoms with van der Waals surface area (Å²) in [6.07, 6.45) is 1.18. The van der Waals surface area contributed by atoms with E-state index in [0.717, 1.165) is 10.9 Å². The molecule has 0 aliphatic rings. The van der Waals surface area contributed by atoms with Crippen LogP contribution in [0.5, 0.6) is 0 Å². The summed E-state index contributed by atoms with van der Waals surface area (Å²) in [6, 6.07) is 7.39. The van der Waals surface area contributed by atoms with Gasteiger partial charge in [0, 0.05) is 18.5 Å². The Labute approximate surface area is 109 Å². The summed E-state index contributed by atoms with van der Waals surface area (Å²) in [7, 11) is 0. The fourth-order valence-corrected chi connectivity index (χ4v) is 1.65. The first-order valence-corrected chi connectivity index (χ1v) is 5.84. The molecule has 2 amide bonds. The van der Waals surface area contributed by atoms with Crippen LogP contribution in [0, 0.1) is 0 Å². The Hall–Kier alpha value is -2.63. The number of aromatic amines is 1. The quantitative estimate of drug-likeness (QED) is 0.542. The van der Waals surface area contributed by atoms with Crippen LogP contribution in [0.4, 0.5) is 0 Å². The molecule has 0 radical (unpaired) electrons. The van der Waals surface area contributed by atoms with Crippen molar-refractivity contribution in [1.29, 1.82) is 0 Å². The van der Waals surface area contributed by atoms with Crippen molar-refractivity contribution < 1.29 is 9.59 Å². The molecule has 0 saturated heterocycles. The molecule has 0 bridgehead atoms. The van der Waals surface area contributed by atoms with Gasteiger partial charge in [-0.15, -0.1) is 0 Å². The van der Waals surface area contributed by atoms with Gasteiger partial charge in [0.05, 0.1) is 5.52 Å². The number of carbonyl (C=O) groups is 2. The topological polar surface area (TPSA) is 86.9 Å². The normalized spacial score (nSPS) is 10.1. The summed E-state index contributed by atoms with van der Waals surface area (Å²) in [5, 5.41) is 12.8. The molecule has 2 aromatic rings. The minimum Gasteiger partial charge on any atom is -0.351 e. The van der Waals surface area contributed by atoms with Crippen LogP contribution in [0.2, 0.25) is 0 Å². The minimum absolute atomic E-state index is 0.264. The number of para-hydroxylation sites is 1. The second-order valence-corrected chi connectivity index (χ2v) is 3.87. The third-order valence-corrected chi connectivity index (χ3v) is 2.58. The zero-order chi connectivity index (χ0) is 13.7. The van der Waals surface area contributed by atoms with E-state index in [0.29, 0.717) is 18.8 Å². The van der Waals surface area contributed by atoms with Gasteiger partial charge in [0.25, 0.3) is 5.91 Å². The number of nitrogens with zero attached hydrogens (tertiary/aromatic N) is 1. The van der Waals surface area contributed by atoms with E-state index in [1.54, 1.807) is 0 Å². The predicted octanol–water partition coefficient (Wildman–Crippen LogP) is 0.595. The number of hydrogen-bond donors (Lipinski definition) is 3. The number of benzene rings is 1. The summed E-state index contributed by atoms with van der Waals surface area (Å²) >= 11 is 0. The molecule has 0 spiro atoms. The van der Waals surface area contributed by atoms with Gasteiger partial charge in [0.1, 0.15) is 0 Å². The van der Waals surface area contributed by atoms with E-state index in [4.69, 9.17) is 0 Å². The fourth-order valence-electron chi connectivity index (χ4n) is 1.65. The lowest BCUT2D eigenvalue weighted by Crippen LogP contribution is -2.34. The van der Waals surface area contributed by atoms with Gasteiger partial charge in [-0.05, 0) is 12.1 Å². The number of H-pyrrole nitrogens is 1. The second kappa shape index (κ2) is 5.81. The van der Waals surface area contributed by atoms with E-state index in [-0.39, 0.29) is 11.8 Å². The van der Waals surface area contributed by atoms with Gasteiger partial charge in [0.2, 0.25) is 5.91 Å². The Morgan fingerprint density at radius 2 is 2.00 bits per heavy atom. The summed E-state index contributed by atoms with van der Waals surface area (Å²) < 4.78 is 0. The average molecular weight is 258 g/mol. The van der Waals surface area contributed by atoms with Crippen molar-refractivity contribution >= 4 is 22.7 Å². The molecule has 6 heteroatoms. The van der Waals surface area contributed by atoms with Crippen LogP contribution in [0.3, 0.4) is 0 Å². The van der Waals surface area contributed by atoms with Crippen molar-refractivity contribution in [3.05, 3.63) is 42.6 Å². The molecule has 0 unspecified atom stereocenters. The van der Waals surface area contributed by atoms with Crippen molar-refractivity contribution in [2.75, 3.05) is 13.1 Å². The fraction of sp³-hybridized carbons (Fsp3) is 0.154. The zero-order valence-electron chi connectivity index (χ0n) is 10.3. The monoisotopic (exact) mass is 258 g/mol. The van der Waals surface area contributed by atoms with Crippen molar-refractivity contribution in [3.8, 4) is 0 Å². The van der Waals surface area contributed by atoms with Crippen molar-refractivity contribution in [2.24, 2.45) is 0 Å². The second-order valence-electron chi connectivity index (χ2n) is 3.87. The van der Waals surface area contributed by atoms with Gasteiger partial charge in [-0.2, -0.15) is 5.10 Å². The van der Waals surface area contributed by atoms with E-state index in [1.165, 1.54) is 6.08 Å². The van der Waals surface area contributed by atoms with Crippen LogP contribution in [-0.2, 0) is 4.79 Å². The van der Waals surface area contributed by atoms with Crippen molar-refractivity contribution in [3.63, 3.8) is 0 Å². The van der Waals surface area contributed by atoms with Gasteiger partial charge in [-0.25, -0.2) is 0 Å². The summed E-state index contributed by atoms with van der Waals surface area (Å²) in [6.45, 7) is 4.01. The van der Waals surface area contributed by atoms with E-state index in [9.17, 15) is 9.59 Å². The Bertz CT molecular complexity index is 618. The average Bonchev–Trinajstić information content (AvgIpc) is 2.87. The van der Waals surface area contributed by atoms with Crippen LogP contribution in [-0.4, -0.2) is 35.1 Å². The molecule has 0 aliphatic carbocycles. The molecule has 0 aliphatic heterocycles. The Morgan fingerprint density at radius 1 is 1.26 bits per heavy atom. The van der Waals surface area contributed by atoms with Crippen LogP contribution in [0.15, 0.2) is 36.9 Å². The number of rotatable bonds is 5. The van der Waals surface area contributed by atoms with Crippen LogP contribution in [0.1, 0.15) is 10.5 Å². The first-order chi connectivity index (χ1) is 9.22. The molecular weight excluding hydrogens is 244 g/mol. The van der Waals surface area contributed by atoms with Crippen LogP contribution >= 0.6 is 0 Å². The molecule has 0 atom stereocenters. The number of carbonyl (C=O) groups excluding carboxylic acids is 2. The number of hydrogen-bond acceptors (Lipinski definition) is 3. The maximum atomic E-state index is 11.9. The van der Waals surface area contributed by atoms with E-state index >= 15 is 0 Å². The largest absolute Gasteiger partial charge is 0.351 e. The Balaban J connectivity index is 1.93. The highest BCUT2D eigenvalue weighted by Crippen LogP contribution is 2.14. The van der Waals surface area contributed by atoms with Gasteiger partial charge in [-0.3, -0.25) is 14.7 Å². The Morgan fingerprint density at radius 3 is 2.79 bits per heavy atom. The molecule has 98 valence electrons. The molecule has 2 rings (SSSR count). The zero-order valence-corrected chi connectivity index (χ0v) is 10.3. The molecule has 19 heavy (non-hydrogen) atoms. The van der Waals surface area contributed by atoms with Gasteiger partial charge in [-0.1, -0.05) is 24.8 Å². The number of fused-ring (bicyclic) bond motifs is 1. The summed E-state index contributed by atoms with van der Waals surface area (Å²) in [5.41, 5.74) is 1.17. The maximum Gasteiger partial charge on any atom is 0.272 e. The molecule has 0 fully saturated rings. The molecule has 0 saturated carbocycles. The van der Waals surface area contributed by atoms with Crippen LogP contribution < -0.4 is 10.6 Å². The lowest BCUT2D eigenvalue weighted by Gasteiger charge is -2.04. The first-order valence-electron chi connectivity index (χ1n) is 5.84. The highest BCUT2D eigenvalue weighted by molar-refractivity contribution is 6.04. The number of nitrogens with one attached hydrogen (secondary N) is 3. The van der Waals surface area contributed by atoms with Gasteiger partial charge >= 0.3 is 0 Å². The third kappa shape index (κ3) is 2.98. The number of amides is 2. The van der Waals surface area contributed by atoms with E-state index < -0.39 is 0 Å². The van der Waals surface area contributed by atoms with Crippen molar-refractivity contribution in [1.82, 2.24) is 20.8 Å². The van der Waals surface area contributed by atoms with E-state index in [2.05, 4.69) is 27.4 Å². The number of aromatic nitrogens is 2. The highest BCUT2D eigenvalue weighted by Gasteiger charge is 2.12. The molecule has 1 aromatic carbocycles. The lowest BCUT2D eigenvalue weighted by atomic mass is 10.2. The molecular formula is C13H14N4O2. The summed E-state index contributed by atoms with van der Waals surface area (Å²) in [5.74, 6) is -0.537. The van der Waals surface area contributed by atoms with Crippen LogP contribution in [0.25, 0.3) is 10.9 Å². The molecule has 1 aromatic heterocycles. The lowest BCUT2D eigenvalue weighted by molar-refractivity contribution is -0.116. The van der Waals surface area contributed by atoms with E-state index in [1.807, 2.05) is 24.3 Å². The van der Waals surface area contributed by atoms with Crippen molar-refractivity contribution in [2.45, 2.75) is 0 Å².